The van der Waals surface area contributed by atoms with Crippen LogP contribution in [-0.2, 0) is 15.5 Å². The summed E-state index contributed by atoms with van der Waals surface area (Å²) in [5, 5.41) is 0. The summed E-state index contributed by atoms with van der Waals surface area (Å²) in [6, 6.07) is 8.95. The van der Waals surface area contributed by atoms with Gasteiger partial charge >= 0.3 is 63.0 Å². The molecule has 0 heterocycles. The average Bonchev–Trinajstić information content (AvgIpc) is 1.90. The van der Waals surface area contributed by atoms with Gasteiger partial charge in [-0.2, -0.15) is 0 Å². The normalized spacial score (nSPS) is 9.11. The molecule has 0 nitrogen and oxygen atoms in total. The van der Waals surface area contributed by atoms with Gasteiger partial charge in [-0.15, -0.1) is 0 Å². The molecule has 0 amide bonds. The van der Waals surface area contributed by atoms with Crippen LogP contribution in [0.1, 0.15) is 0 Å². The van der Waals surface area contributed by atoms with E-state index in [0.29, 0.717) is 0 Å². The monoisotopic (exact) mass is 195 g/mol. The van der Waals surface area contributed by atoms with Crippen molar-refractivity contribution in [3.63, 3.8) is 0 Å². The number of halogens is 2. The summed E-state index contributed by atoms with van der Waals surface area (Å²) < 4.78 is 13.1. The van der Waals surface area contributed by atoms with Crippen LogP contribution >= 0.6 is 9.69 Å². The van der Waals surface area contributed by atoms with Crippen LogP contribution < -0.4 is 4.16 Å². The Hall–Kier alpha value is 0.0634. The molecule has 0 N–H and O–H groups in total. The zero-order chi connectivity index (χ0) is 6.69. The molecule has 9 heavy (non-hydrogen) atoms. The van der Waals surface area contributed by atoms with Gasteiger partial charge in [0.05, 0.1) is 0 Å². The first kappa shape index (κ1) is 7.17. The molecule has 0 aliphatic carbocycles. The molecule has 0 bridgehead atoms. The second kappa shape index (κ2) is 3.29. The van der Waals surface area contributed by atoms with Crippen LogP contribution in [0, 0.1) is 0 Å². The summed E-state index contributed by atoms with van der Waals surface area (Å²) in [5.41, 5.74) is 0. The quantitative estimate of drug-likeness (QED) is 0.603. The molecule has 0 unspecified atom stereocenters. The number of benzene rings is 1. The molecule has 0 radical (unpaired) electrons. The fourth-order valence-electron chi connectivity index (χ4n) is 0.656. The van der Waals surface area contributed by atoms with E-state index in [-0.39, 0.29) is 0 Å². The summed E-state index contributed by atoms with van der Waals surface area (Å²) in [5.74, 6) is 0. The van der Waals surface area contributed by atoms with Gasteiger partial charge in [0.15, 0.2) is 0 Å². The molecule has 3 heteroatoms. The van der Waals surface area contributed by atoms with Crippen molar-refractivity contribution in [2.45, 2.75) is 0 Å². The zero-order valence-electron chi connectivity index (χ0n) is 4.85. The van der Waals surface area contributed by atoms with Gasteiger partial charge in [0.2, 0.25) is 0 Å². The van der Waals surface area contributed by atoms with E-state index in [4.69, 9.17) is 9.69 Å². The Labute approximate surface area is 63.2 Å². The standard InChI is InChI=1S/C6H5.ClH.FH.Zn/c1-2-4-6-5-3-1;;;/h1-5H;2*1H;/q;;;+2/p-2. The topological polar surface area (TPSA) is 0 Å². The molecule has 45 valence electrons. The summed E-state index contributed by atoms with van der Waals surface area (Å²) in [4.78, 5) is 0. The molecule has 1 rings (SSSR count). The van der Waals surface area contributed by atoms with Gasteiger partial charge in [-0.25, -0.2) is 0 Å². The Morgan fingerprint density at radius 1 is 1.22 bits per heavy atom. The third-order valence-electron chi connectivity index (χ3n) is 1.15. The van der Waals surface area contributed by atoms with Crippen LogP contribution in [0.5, 0.6) is 0 Å². The number of hydrogen-bond donors (Lipinski definition) is 0. The molecule has 0 atom stereocenters. The molecule has 1 aromatic carbocycles. The molecule has 0 aromatic heterocycles. The second-order valence-corrected chi connectivity index (χ2v) is 7.55. The first-order valence-corrected chi connectivity index (χ1v) is 9.30. The van der Waals surface area contributed by atoms with Crippen LogP contribution in [0.15, 0.2) is 30.3 Å². The Kier molecular flexibility index (Phi) is 2.62. The van der Waals surface area contributed by atoms with Gasteiger partial charge < -0.3 is 0 Å². The van der Waals surface area contributed by atoms with E-state index in [1.807, 2.05) is 6.07 Å². The fraction of sp³-hybridized carbons (Fsp3) is 0. The van der Waals surface area contributed by atoms with Gasteiger partial charge in [0.1, 0.15) is 0 Å². The predicted molar refractivity (Wildman–Crippen MR) is 33.0 cm³/mol. The van der Waals surface area contributed by atoms with E-state index in [0.717, 1.165) is 4.16 Å². The van der Waals surface area contributed by atoms with E-state index >= 15 is 0 Å². The summed E-state index contributed by atoms with van der Waals surface area (Å²) in [6.45, 7) is 0. The number of rotatable bonds is 1. The third-order valence-corrected chi connectivity index (χ3v) is 5.04. The molecule has 0 aliphatic heterocycles. The molecule has 1 aromatic rings. The summed E-state index contributed by atoms with van der Waals surface area (Å²) >= 11 is -3.15. The number of hydrogen-bond acceptors (Lipinski definition) is 0. The molecule has 0 saturated heterocycles. The van der Waals surface area contributed by atoms with Crippen molar-refractivity contribution in [2.24, 2.45) is 0 Å². The van der Waals surface area contributed by atoms with Crippen LogP contribution in [0.4, 0.5) is 3.32 Å². The third kappa shape index (κ3) is 2.04. The SMILES string of the molecule is [F][Zn]([Cl])[c]1ccccc1. The van der Waals surface area contributed by atoms with Gasteiger partial charge in [0.25, 0.3) is 0 Å². The Balaban J connectivity index is 2.85. The van der Waals surface area contributed by atoms with Crippen LogP contribution in [0.2, 0.25) is 0 Å². The minimum atomic E-state index is -3.15. The maximum absolute atomic E-state index is 12.4. The summed E-state index contributed by atoms with van der Waals surface area (Å²) in [6.07, 6.45) is 0. The minimum absolute atomic E-state index is 0.721. The fourth-order valence-corrected chi connectivity index (χ4v) is 2.90. The van der Waals surface area contributed by atoms with Crippen molar-refractivity contribution in [1.82, 2.24) is 0 Å². The first-order chi connectivity index (χ1) is 4.30. The second-order valence-electron chi connectivity index (χ2n) is 1.85. The van der Waals surface area contributed by atoms with Gasteiger partial charge in [0, 0.05) is 0 Å². The van der Waals surface area contributed by atoms with Crippen molar-refractivity contribution >= 4 is 13.8 Å². The molecule has 0 saturated carbocycles. The van der Waals surface area contributed by atoms with Crippen molar-refractivity contribution in [2.75, 3.05) is 0 Å². The predicted octanol–water partition coefficient (Wildman–Crippen LogP) is 1.97. The summed E-state index contributed by atoms with van der Waals surface area (Å²) in [7, 11) is 5.34. The van der Waals surface area contributed by atoms with Crippen molar-refractivity contribution in [3.8, 4) is 0 Å². The maximum atomic E-state index is 12.4. The van der Waals surface area contributed by atoms with Crippen molar-refractivity contribution < 1.29 is 18.8 Å². The molecular formula is C6H5ClFZn. The molecule has 0 fully saturated rings. The van der Waals surface area contributed by atoms with Gasteiger partial charge in [-0.05, 0) is 0 Å². The zero-order valence-corrected chi connectivity index (χ0v) is 8.57. The average molecular weight is 197 g/mol. The van der Waals surface area contributed by atoms with Gasteiger partial charge in [-0.1, -0.05) is 0 Å². The first-order valence-electron chi connectivity index (χ1n) is 2.80. The van der Waals surface area contributed by atoms with E-state index in [2.05, 4.69) is 0 Å². The Bertz CT molecular complexity index is 176. The van der Waals surface area contributed by atoms with Crippen molar-refractivity contribution in [3.05, 3.63) is 30.3 Å². The van der Waals surface area contributed by atoms with E-state index < -0.39 is 15.5 Å². The van der Waals surface area contributed by atoms with E-state index in [9.17, 15) is 3.32 Å². The Morgan fingerprint density at radius 3 is 2.11 bits per heavy atom. The van der Waals surface area contributed by atoms with Crippen LogP contribution in [0.25, 0.3) is 0 Å². The van der Waals surface area contributed by atoms with E-state index in [1.165, 1.54) is 0 Å². The molecular weight excluding hydrogens is 192 g/mol. The van der Waals surface area contributed by atoms with Crippen LogP contribution in [-0.4, -0.2) is 0 Å². The van der Waals surface area contributed by atoms with E-state index in [1.54, 1.807) is 24.3 Å². The molecule has 0 spiro atoms. The molecule has 0 aliphatic rings. The Morgan fingerprint density at radius 2 is 1.78 bits per heavy atom. The van der Waals surface area contributed by atoms with Gasteiger partial charge in [-0.3, -0.25) is 0 Å². The van der Waals surface area contributed by atoms with Crippen LogP contribution in [0.3, 0.4) is 0 Å². The van der Waals surface area contributed by atoms with Crippen molar-refractivity contribution in [1.29, 1.82) is 0 Å².